The van der Waals surface area contributed by atoms with Crippen LogP contribution in [0.25, 0.3) is 0 Å². The number of rotatable bonds is 4. The summed E-state index contributed by atoms with van der Waals surface area (Å²) in [6.07, 6.45) is 0.710. The average Bonchev–Trinajstić information content (AvgIpc) is 2.17. The van der Waals surface area contributed by atoms with Gasteiger partial charge in [-0.15, -0.1) is 0 Å². The summed E-state index contributed by atoms with van der Waals surface area (Å²) >= 11 is 2.18. The summed E-state index contributed by atoms with van der Waals surface area (Å²) in [5.74, 6) is -0.253. The first-order valence-corrected chi connectivity index (χ1v) is 5.73. The lowest BCUT2D eigenvalue weighted by molar-refractivity contribution is -0.140. The van der Waals surface area contributed by atoms with Crippen LogP contribution in [0, 0.1) is 3.57 Å². The molecule has 0 amide bonds. The third kappa shape index (κ3) is 4.17. The predicted molar refractivity (Wildman–Crippen MR) is 65.4 cm³/mol. The van der Waals surface area contributed by atoms with E-state index in [2.05, 4.69) is 22.6 Å². The topological polar surface area (TPSA) is 46.5 Å². The van der Waals surface area contributed by atoms with Crippen LogP contribution in [0.15, 0.2) is 18.2 Å². The Labute approximate surface area is 103 Å². The molecule has 0 heterocycles. The van der Waals surface area contributed by atoms with Crippen LogP contribution in [0.5, 0.6) is 0 Å². The second kappa shape index (κ2) is 6.07. The third-order valence-corrected chi connectivity index (χ3v) is 2.99. The summed E-state index contributed by atoms with van der Waals surface area (Å²) in [6.45, 7) is 1.87. The van der Waals surface area contributed by atoms with Gasteiger partial charge in [0, 0.05) is 16.9 Å². The molecule has 4 heteroatoms. The Morgan fingerprint density at radius 3 is 2.80 bits per heavy atom. The lowest BCUT2D eigenvalue weighted by Gasteiger charge is -2.05. The Balaban J connectivity index is 2.55. The van der Waals surface area contributed by atoms with Crippen molar-refractivity contribution in [2.45, 2.75) is 20.0 Å². The molecule has 0 radical (unpaired) electrons. The maximum absolute atomic E-state index is 10.5. The van der Waals surface area contributed by atoms with Crippen molar-refractivity contribution in [1.29, 1.82) is 0 Å². The standard InChI is InChI=1S/C11H13IO3/c1-8(14)15-5-4-9-2-3-10(7-13)11(12)6-9/h2-3,6,13H,4-5,7H2,1H3. The Morgan fingerprint density at radius 1 is 1.53 bits per heavy atom. The highest BCUT2D eigenvalue weighted by molar-refractivity contribution is 14.1. The van der Waals surface area contributed by atoms with Gasteiger partial charge in [-0.25, -0.2) is 0 Å². The minimum absolute atomic E-state index is 0.0580. The molecule has 0 spiro atoms. The van der Waals surface area contributed by atoms with Crippen molar-refractivity contribution in [1.82, 2.24) is 0 Å². The van der Waals surface area contributed by atoms with Crippen LogP contribution in [0.4, 0.5) is 0 Å². The van der Waals surface area contributed by atoms with Crippen molar-refractivity contribution in [2.75, 3.05) is 6.61 Å². The molecule has 1 aromatic carbocycles. The van der Waals surface area contributed by atoms with Gasteiger partial charge in [0.15, 0.2) is 0 Å². The number of ether oxygens (including phenoxy) is 1. The van der Waals surface area contributed by atoms with Gasteiger partial charge in [-0.2, -0.15) is 0 Å². The molecule has 82 valence electrons. The number of hydrogen-bond donors (Lipinski definition) is 1. The molecule has 0 aliphatic rings. The molecule has 1 rings (SSSR count). The molecule has 0 bridgehead atoms. The average molecular weight is 320 g/mol. The second-order valence-corrected chi connectivity index (χ2v) is 4.34. The molecule has 1 N–H and O–H groups in total. The molecule has 15 heavy (non-hydrogen) atoms. The van der Waals surface area contributed by atoms with E-state index in [0.717, 1.165) is 14.7 Å². The first-order chi connectivity index (χ1) is 7.13. The SMILES string of the molecule is CC(=O)OCCc1ccc(CO)c(I)c1. The first-order valence-electron chi connectivity index (χ1n) is 4.65. The van der Waals surface area contributed by atoms with E-state index in [1.165, 1.54) is 6.92 Å². The van der Waals surface area contributed by atoms with E-state index in [-0.39, 0.29) is 12.6 Å². The molecule has 3 nitrogen and oxygen atoms in total. The summed E-state index contributed by atoms with van der Waals surface area (Å²) in [5.41, 5.74) is 2.03. The largest absolute Gasteiger partial charge is 0.466 e. The maximum Gasteiger partial charge on any atom is 0.302 e. The fraction of sp³-hybridized carbons (Fsp3) is 0.364. The van der Waals surface area contributed by atoms with Gasteiger partial charge >= 0.3 is 5.97 Å². The van der Waals surface area contributed by atoms with Crippen molar-refractivity contribution in [3.8, 4) is 0 Å². The highest BCUT2D eigenvalue weighted by Gasteiger charge is 2.01. The van der Waals surface area contributed by atoms with E-state index in [4.69, 9.17) is 9.84 Å². The van der Waals surface area contributed by atoms with Gasteiger partial charge in [-0.1, -0.05) is 12.1 Å². The lowest BCUT2D eigenvalue weighted by atomic mass is 10.1. The highest BCUT2D eigenvalue weighted by Crippen LogP contribution is 2.15. The Morgan fingerprint density at radius 2 is 2.27 bits per heavy atom. The Hall–Kier alpha value is -0.620. The minimum atomic E-state index is -0.253. The van der Waals surface area contributed by atoms with Crippen LogP contribution in [-0.2, 0) is 22.6 Å². The third-order valence-electron chi connectivity index (χ3n) is 1.98. The van der Waals surface area contributed by atoms with Gasteiger partial charge in [-0.05, 0) is 39.8 Å². The van der Waals surface area contributed by atoms with Crippen LogP contribution in [0.1, 0.15) is 18.1 Å². The van der Waals surface area contributed by atoms with Gasteiger partial charge < -0.3 is 9.84 Å². The summed E-state index contributed by atoms with van der Waals surface area (Å²) in [7, 11) is 0. The normalized spacial score (nSPS) is 10.1. The van der Waals surface area contributed by atoms with E-state index >= 15 is 0 Å². The number of hydrogen-bond acceptors (Lipinski definition) is 3. The molecule has 0 saturated heterocycles. The van der Waals surface area contributed by atoms with Gasteiger partial charge in [0.25, 0.3) is 0 Å². The summed E-state index contributed by atoms with van der Waals surface area (Å²) in [4.78, 5) is 10.5. The van der Waals surface area contributed by atoms with Crippen LogP contribution < -0.4 is 0 Å². The quantitative estimate of drug-likeness (QED) is 0.681. The number of aliphatic hydroxyl groups excluding tert-OH is 1. The number of halogens is 1. The monoisotopic (exact) mass is 320 g/mol. The van der Waals surface area contributed by atoms with Crippen LogP contribution in [-0.4, -0.2) is 17.7 Å². The van der Waals surface area contributed by atoms with E-state index in [0.29, 0.717) is 13.0 Å². The smallest absolute Gasteiger partial charge is 0.302 e. The summed E-state index contributed by atoms with van der Waals surface area (Å²) in [5, 5.41) is 8.98. The summed E-state index contributed by atoms with van der Waals surface area (Å²) < 4.78 is 5.89. The molecule has 0 fully saturated rings. The lowest BCUT2D eigenvalue weighted by Crippen LogP contribution is -2.03. The first kappa shape index (κ1) is 12.4. The van der Waals surface area contributed by atoms with Gasteiger partial charge in [0.2, 0.25) is 0 Å². The van der Waals surface area contributed by atoms with Gasteiger partial charge in [-0.3, -0.25) is 4.79 Å². The second-order valence-electron chi connectivity index (χ2n) is 3.17. The molecule has 0 aliphatic heterocycles. The van der Waals surface area contributed by atoms with E-state index in [9.17, 15) is 4.79 Å². The number of benzene rings is 1. The van der Waals surface area contributed by atoms with Crippen molar-refractivity contribution in [3.63, 3.8) is 0 Å². The zero-order chi connectivity index (χ0) is 11.3. The van der Waals surface area contributed by atoms with E-state index < -0.39 is 0 Å². The Kier molecular flexibility index (Phi) is 5.04. The minimum Gasteiger partial charge on any atom is -0.466 e. The fourth-order valence-electron chi connectivity index (χ4n) is 1.19. The van der Waals surface area contributed by atoms with E-state index in [1.54, 1.807) is 0 Å². The molecule has 0 unspecified atom stereocenters. The van der Waals surface area contributed by atoms with Crippen LogP contribution >= 0.6 is 22.6 Å². The maximum atomic E-state index is 10.5. The molecule has 0 saturated carbocycles. The number of carbonyl (C=O) groups excluding carboxylic acids is 1. The molecule has 0 aromatic heterocycles. The van der Waals surface area contributed by atoms with Crippen molar-refractivity contribution < 1.29 is 14.6 Å². The predicted octanol–water partition coefficient (Wildman–Crippen LogP) is 1.89. The van der Waals surface area contributed by atoms with Crippen molar-refractivity contribution >= 4 is 28.6 Å². The Bertz CT molecular complexity index is 350. The molecular weight excluding hydrogens is 307 g/mol. The number of esters is 1. The van der Waals surface area contributed by atoms with Gasteiger partial charge in [0.1, 0.15) is 0 Å². The molecule has 0 atom stereocenters. The molecular formula is C11H13IO3. The highest BCUT2D eigenvalue weighted by atomic mass is 127. The number of aliphatic hydroxyl groups is 1. The van der Waals surface area contributed by atoms with Crippen LogP contribution in [0.2, 0.25) is 0 Å². The molecule has 1 aromatic rings. The van der Waals surface area contributed by atoms with Crippen molar-refractivity contribution in [2.24, 2.45) is 0 Å². The fourth-order valence-corrected chi connectivity index (χ4v) is 1.94. The zero-order valence-corrected chi connectivity index (χ0v) is 10.7. The van der Waals surface area contributed by atoms with Gasteiger partial charge in [0.05, 0.1) is 13.2 Å². The number of carbonyl (C=O) groups is 1. The van der Waals surface area contributed by atoms with Crippen molar-refractivity contribution in [3.05, 3.63) is 32.9 Å². The molecule has 0 aliphatic carbocycles. The zero-order valence-electron chi connectivity index (χ0n) is 8.50. The van der Waals surface area contributed by atoms with Crippen LogP contribution in [0.3, 0.4) is 0 Å². The summed E-state index contributed by atoms with van der Waals surface area (Å²) in [6, 6.07) is 5.83. The van der Waals surface area contributed by atoms with E-state index in [1.807, 2.05) is 18.2 Å².